The van der Waals surface area contributed by atoms with Gasteiger partial charge in [-0.2, -0.15) is 0 Å². The fraction of sp³-hybridized carbons (Fsp3) is 0.412. The molecule has 0 radical (unpaired) electrons. The van der Waals surface area contributed by atoms with Crippen LogP contribution in [0.2, 0.25) is 5.02 Å². The summed E-state index contributed by atoms with van der Waals surface area (Å²) in [5, 5.41) is 1.96. The van der Waals surface area contributed by atoms with Crippen molar-refractivity contribution in [3.8, 4) is 0 Å². The van der Waals surface area contributed by atoms with Crippen LogP contribution in [0.4, 0.5) is 0 Å². The minimum absolute atomic E-state index is 0.176. The summed E-state index contributed by atoms with van der Waals surface area (Å²) in [6.07, 6.45) is 2.29. The first-order chi connectivity index (χ1) is 11.5. The molecule has 0 spiro atoms. The first-order valence-corrected chi connectivity index (χ1v) is 9.16. The summed E-state index contributed by atoms with van der Waals surface area (Å²) < 4.78 is 10.8. The van der Waals surface area contributed by atoms with Gasteiger partial charge in [0, 0.05) is 28.8 Å². The predicted octanol–water partition coefficient (Wildman–Crippen LogP) is 3.48. The Kier molecular flexibility index (Phi) is 5.48. The van der Waals surface area contributed by atoms with Gasteiger partial charge in [-0.3, -0.25) is 4.99 Å². The Bertz CT molecular complexity index is 828. The van der Waals surface area contributed by atoms with Crippen molar-refractivity contribution in [2.45, 2.75) is 31.6 Å². The average Bonchev–Trinajstić information content (AvgIpc) is 3.06. The number of nitrogens with zero attached hydrogens (tertiary/aromatic N) is 1. The topological polar surface area (TPSA) is 77.8 Å². The van der Waals surface area contributed by atoms with E-state index in [2.05, 4.69) is 4.99 Å². The van der Waals surface area contributed by atoms with E-state index in [1.807, 2.05) is 13.0 Å². The third kappa shape index (κ3) is 4.12. The van der Waals surface area contributed by atoms with Crippen LogP contribution in [0.3, 0.4) is 0 Å². The fourth-order valence-electron chi connectivity index (χ4n) is 2.65. The summed E-state index contributed by atoms with van der Waals surface area (Å²) in [5.74, 6) is 0.530. The van der Waals surface area contributed by atoms with Gasteiger partial charge in [0.25, 0.3) is 0 Å². The zero-order valence-corrected chi connectivity index (χ0v) is 15.0. The molecule has 2 heterocycles. The van der Waals surface area contributed by atoms with Crippen molar-refractivity contribution < 1.29 is 9.15 Å². The van der Waals surface area contributed by atoms with E-state index in [0.717, 1.165) is 36.0 Å². The zero-order valence-electron chi connectivity index (χ0n) is 13.4. The lowest BCUT2D eigenvalue weighted by atomic mass is 10.1. The quantitative estimate of drug-likeness (QED) is 0.509. The maximum absolute atomic E-state index is 11.8. The molecule has 3 rings (SSSR count). The van der Waals surface area contributed by atoms with E-state index in [1.165, 1.54) is 17.8 Å². The van der Waals surface area contributed by atoms with Gasteiger partial charge in [-0.15, -0.1) is 0 Å². The van der Waals surface area contributed by atoms with Crippen molar-refractivity contribution in [2.24, 2.45) is 10.7 Å². The Balaban J connectivity index is 1.75. The van der Waals surface area contributed by atoms with Crippen molar-refractivity contribution in [1.82, 2.24) is 0 Å². The largest absolute Gasteiger partial charge is 0.423 e. The maximum atomic E-state index is 11.8. The summed E-state index contributed by atoms with van der Waals surface area (Å²) in [5.41, 5.74) is 7.83. The highest BCUT2D eigenvalue weighted by atomic mass is 35.5. The second-order valence-electron chi connectivity index (χ2n) is 5.79. The molecule has 24 heavy (non-hydrogen) atoms. The van der Waals surface area contributed by atoms with E-state index >= 15 is 0 Å². The van der Waals surface area contributed by atoms with Gasteiger partial charge in [0.1, 0.15) is 5.58 Å². The van der Waals surface area contributed by atoms with Crippen LogP contribution in [0.15, 0.2) is 32.4 Å². The molecule has 1 aromatic heterocycles. The number of nitrogens with two attached hydrogens (primary N) is 1. The summed E-state index contributed by atoms with van der Waals surface area (Å²) in [6, 6.07) is 5.08. The molecular weight excluding hydrogens is 348 g/mol. The number of benzene rings is 1. The van der Waals surface area contributed by atoms with E-state index in [-0.39, 0.29) is 11.7 Å². The van der Waals surface area contributed by atoms with Crippen LogP contribution in [0.25, 0.3) is 11.0 Å². The molecule has 1 aromatic carbocycles. The molecule has 128 valence electrons. The molecule has 0 aliphatic carbocycles. The van der Waals surface area contributed by atoms with Gasteiger partial charge >= 0.3 is 5.63 Å². The lowest BCUT2D eigenvalue weighted by molar-refractivity contribution is 0.118. The second-order valence-corrected chi connectivity index (χ2v) is 7.19. The SMILES string of the molecule is Cc1cc2oc(=O)cc(CSC(N)=NC[C@H]3CCCO3)c2cc1Cl. The molecule has 2 aromatic rings. The first kappa shape index (κ1) is 17.3. The highest BCUT2D eigenvalue weighted by molar-refractivity contribution is 8.13. The van der Waals surface area contributed by atoms with Crippen LogP contribution < -0.4 is 11.4 Å². The molecule has 2 N–H and O–H groups in total. The van der Waals surface area contributed by atoms with E-state index < -0.39 is 0 Å². The van der Waals surface area contributed by atoms with E-state index in [1.54, 1.807) is 6.07 Å². The number of fused-ring (bicyclic) bond motifs is 1. The Morgan fingerprint density at radius 2 is 2.29 bits per heavy atom. The minimum Gasteiger partial charge on any atom is -0.423 e. The van der Waals surface area contributed by atoms with E-state index in [0.29, 0.717) is 28.1 Å². The number of aliphatic imine (C=N–C) groups is 1. The highest BCUT2D eigenvalue weighted by Crippen LogP contribution is 2.27. The van der Waals surface area contributed by atoms with Crippen LogP contribution in [0.5, 0.6) is 0 Å². The van der Waals surface area contributed by atoms with Crippen molar-refractivity contribution in [1.29, 1.82) is 0 Å². The van der Waals surface area contributed by atoms with Crippen molar-refractivity contribution >= 4 is 39.5 Å². The molecule has 5 nitrogen and oxygen atoms in total. The van der Waals surface area contributed by atoms with Gasteiger partial charge in [0.2, 0.25) is 0 Å². The number of halogens is 1. The number of rotatable bonds is 4. The lowest BCUT2D eigenvalue weighted by Crippen LogP contribution is -2.14. The van der Waals surface area contributed by atoms with E-state index in [4.69, 9.17) is 26.5 Å². The van der Waals surface area contributed by atoms with Gasteiger partial charge in [-0.1, -0.05) is 23.4 Å². The first-order valence-electron chi connectivity index (χ1n) is 7.80. The van der Waals surface area contributed by atoms with Gasteiger partial charge < -0.3 is 14.9 Å². The van der Waals surface area contributed by atoms with E-state index in [9.17, 15) is 4.79 Å². The minimum atomic E-state index is -0.380. The smallest absolute Gasteiger partial charge is 0.336 e. The molecule has 1 aliphatic heterocycles. The molecule has 0 amide bonds. The van der Waals surface area contributed by atoms with Gasteiger partial charge in [-0.05, 0) is 43.0 Å². The Morgan fingerprint density at radius 3 is 3.04 bits per heavy atom. The predicted molar refractivity (Wildman–Crippen MR) is 99.0 cm³/mol. The Hall–Kier alpha value is -1.50. The van der Waals surface area contributed by atoms with Crippen molar-refractivity contribution in [3.05, 3.63) is 44.8 Å². The number of aryl methyl sites for hydroxylation is 1. The summed E-state index contributed by atoms with van der Waals surface area (Å²) in [6.45, 7) is 3.26. The average molecular weight is 367 g/mol. The van der Waals surface area contributed by atoms with Gasteiger partial charge in [-0.25, -0.2) is 4.79 Å². The highest BCUT2D eigenvalue weighted by Gasteiger charge is 2.15. The Labute approximate surface area is 149 Å². The molecule has 1 fully saturated rings. The molecule has 1 saturated heterocycles. The maximum Gasteiger partial charge on any atom is 0.336 e. The monoisotopic (exact) mass is 366 g/mol. The molecule has 0 unspecified atom stereocenters. The molecule has 0 bridgehead atoms. The zero-order chi connectivity index (χ0) is 17.1. The third-order valence-corrected chi connectivity index (χ3v) is 5.25. The molecule has 7 heteroatoms. The number of amidine groups is 1. The molecular formula is C17H19ClN2O3S. The lowest BCUT2D eigenvalue weighted by Gasteiger charge is -2.08. The van der Waals surface area contributed by atoms with Crippen LogP contribution in [-0.2, 0) is 10.5 Å². The van der Waals surface area contributed by atoms with Crippen LogP contribution in [0.1, 0.15) is 24.0 Å². The molecule has 1 atom stereocenters. The third-order valence-electron chi connectivity index (χ3n) is 3.96. The summed E-state index contributed by atoms with van der Waals surface area (Å²) in [4.78, 5) is 16.1. The standard InChI is InChI=1S/C17H19ClN2O3S/c1-10-5-15-13(7-14(10)18)11(6-16(21)23-15)9-24-17(19)20-8-12-3-2-4-22-12/h5-7,12H,2-4,8-9H2,1H3,(H2,19,20)/t12-/m1/s1. The summed E-state index contributed by atoms with van der Waals surface area (Å²) >= 11 is 7.59. The molecule has 1 aliphatic rings. The number of ether oxygens (including phenoxy) is 1. The van der Waals surface area contributed by atoms with Crippen molar-refractivity contribution in [3.63, 3.8) is 0 Å². The van der Waals surface area contributed by atoms with Crippen LogP contribution in [0, 0.1) is 6.92 Å². The van der Waals surface area contributed by atoms with Gasteiger partial charge in [0.15, 0.2) is 5.17 Å². The summed E-state index contributed by atoms with van der Waals surface area (Å²) in [7, 11) is 0. The Morgan fingerprint density at radius 1 is 1.46 bits per heavy atom. The fourth-order valence-corrected chi connectivity index (χ4v) is 3.52. The van der Waals surface area contributed by atoms with Crippen LogP contribution >= 0.6 is 23.4 Å². The number of thioether (sulfide) groups is 1. The molecule has 0 saturated carbocycles. The number of hydrogen-bond acceptors (Lipinski definition) is 5. The van der Waals surface area contributed by atoms with Crippen molar-refractivity contribution in [2.75, 3.05) is 13.2 Å². The normalized spacial score (nSPS) is 18.4. The van der Waals surface area contributed by atoms with Gasteiger partial charge in [0.05, 0.1) is 12.6 Å². The van der Waals surface area contributed by atoms with Crippen LogP contribution in [-0.4, -0.2) is 24.4 Å². The number of hydrogen-bond donors (Lipinski definition) is 1. The second kappa shape index (κ2) is 7.59.